The molecule has 1 aromatic heterocycles. The number of carbonyl (C=O) groups excluding carboxylic acids is 1. The lowest BCUT2D eigenvalue weighted by molar-refractivity contribution is -0.142. The van der Waals surface area contributed by atoms with Gasteiger partial charge in [0.15, 0.2) is 0 Å². The Morgan fingerprint density at radius 2 is 2.33 bits per heavy atom. The van der Waals surface area contributed by atoms with Crippen molar-refractivity contribution in [3.8, 4) is 0 Å². The first kappa shape index (κ1) is 15.0. The Balaban J connectivity index is 2.71. The van der Waals surface area contributed by atoms with Crippen molar-refractivity contribution in [3.05, 3.63) is 21.6 Å². The second-order valence-electron chi connectivity index (χ2n) is 3.69. The molecule has 1 rings (SSSR count). The Bertz CT molecular complexity index is 490. The summed E-state index contributed by atoms with van der Waals surface area (Å²) >= 11 is 7.27. The van der Waals surface area contributed by atoms with Gasteiger partial charge < -0.3 is 4.74 Å². The zero-order valence-electron chi connectivity index (χ0n) is 10.5. The Morgan fingerprint density at radius 3 is 2.94 bits per heavy atom. The summed E-state index contributed by atoms with van der Waals surface area (Å²) in [7, 11) is 1.53. The summed E-state index contributed by atoms with van der Waals surface area (Å²) in [6, 6.07) is 0. The van der Waals surface area contributed by atoms with Crippen LogP contribution in [-0.2, 0) is 16.6 Å². The van der Waals surface area contributed by atoms with Crippen molar-refractivity contribution >= 4 is 29.3 Å². The Kier molecular flexibility index (Phi) is 5.68. The van der Waals surface area contributed by atoms with Gasteiger partial charge in [-0.25, -0.2) is 4.68 Å². The summed E-state index contributed by atoms with van der Waals surface area (Å²) in [6.07, 6.45) is 1.79. The van der Waals surface area contributed by atoms with Crippen molar-refractivity contribution in [3.63, 3.8) is 0 Å². The van der Waals surface area contributed by atoms with E-state index in [1.54, 1.807) is 6.92 Å². The summed E-state index contributed by atoms with van der Waals surface area (Å²) in [6.45, 7) is 4.00. The maximum absolute atomic E-state index is 11.6. The molecule has 0 aliphatic rings. The van der Waals surface area contributed by atoms with Crippen LogP contribution < -0.4 is 5.56 Å². The van der Waals surface area contributed by atoms with Gasteiger partial charge in [-0.2, -0.15) is 5.10 Å². The van der Waals surface area contributed by atoms with E-state index in [4.69, 9.17) is 16.3 Å². The summed E-state index contributed by atoms with van der Waals surface area (Å²) in [5.41, 5.74) is -0.343. The predicted octanol–water partition coefficient (Wildman–Crippen LogP) is 1.87. The fraction of sp³-hybridized carbons (Fsp3) is 0.545. The van der Waals surface area contributed by atoms with E-state index in [1.165, 1.54) is 29.7 Å². The highest BCUT2D eigenvalue weighted by Crippen LogP contribution is 2.28. The molecule has 0 aromatic carbocycles. The predicted molar refractivity (Wildman–Crippen MR) is 71.1 cm³/mol. The topological polar surface area (TPSA) is 61.2 Å². The molecule has 0 fully saturated rings. The van der Waals surface area contributed by atoms with Gasteiger partial charge in [-0.15, -0.1) is 11.8 Å². The number of ether oxygens (including phenoxy) is 1. The van der Waals surface area contributed by atoms with Gasteiger partial charge in [0.05, 0.1) is 24.1 Å². The highest BCUT2D eigenvalue weighted by Gasteiger charge is 2.15. The molecule has 0 saturated heterocycles. The van der Waals surface area contributed by atoms with Gasteiger partial charge in [-0.1, -0.05) is 18.5 Å². The van der Waals surface area contributed by atoms with Crippen LogP contribution in [0.25, 0.3) is 0 Å². The molecular formula is C11H15ClN2O3S. The molecular weight excluding hydrogens is 276 g/mol. The zero-order chi connectivity index (χ0) is 13.7. The van der Waals surface area contributed by atoms with E-state index in [9.17, 15) is 9.59 Å². The maximum Gasteiger partial charge on any atom is 0.306 e. The average Bonchev–Trinajstić information content (AvgIpc) is 2.30. The maximum atomic E-state index is 11.6. The van der Waals surface area contributed by atoms with Crippen LogP contribution >= 0.6 is 23.4 Å². The van der Waals surface area contributed by atoms with Crippen LogP contribution in [0, 0.1) is 0 Å². The van der Waals surface area contributed by atoms with Crippen molar-refractivity contribution in [2.24, 2.45) is 7.05 Å². The number of aromatic nitrogens is 2. The lowest BCUT2D eigenvalue weighted by atomic mass is 10.3. The minimum atomic E-state index is -0.343. The largest absolute Gasteiger partial charge is 0.466 e. The van der Waals surface area contributed by atoms with Crippen molar-refractivity contribution in [2.75, 3.05) is 6.61 Å². The second kappa shape index (κ2) is 6.80. The third-order valence-electron chi connectivity index (χ3n) is 2.13. The Labute approximate surface area is 114 Å². The first-order chi connectivity index (χ1) is 8.45. The molecule has 1 aromatic rings. The van der Waals surface area contributed by atoms with Crippen molar-refractivity contribution in [1.82, 2.24) is 9.78 Å². The normalized spacial score (nSPS) is 12.2. The second-order valence-corrected chi connectivity index (χ2v) is 5.55. The summed E-state index contributed by atoms with van der Waals surface area (Å²) in [5.74, 6) is -0.259. The number of thioether (sulfide) groups is 1. The molecule has 18 heavy (non-hydrogen) atoms. The summed E-state index contributed by atoms with van der Waals surface area (Å²) < 4.78 is 6.03. The van der Waals surface area contributed by atoms with Crippen LogP contribution in [-0.4, -0.2) is 27.6 Å². The summed E-state index contributed by atoms with van der Waals surface area (Å²) in [5, 5.41) is 3.99. The molecule has 0 aliphatic heterocycles. The lowest BCUT2D eigenvalue weighted by Gasteiger charge is -2.11. The molecule has 0 spiro atoms. The Hall–Kier alpha value is -1.01. The highest BCUT2D eigenvalue weighted by atomic mass is 35.5. The Morgan fingerprint density at radius 1 is 1.67 bits per heavy atom. The minimum Gasteiger partial charge on any atom is -0.466 e. The summed E-state index contributed by atoms with van der Waals surface area (Å²) in [4.78, 5) is 23.4. The molecule has 0 unspecified atom stereocenters. The SMILES string of the molecule is CCOC(=O)C[C@@H](C)Sc1cnn(C)c(=O)c1Cl. The van der Waals surface area contributed by atoms with Gasteiger partial charge >= 0.3 is 5.97 Å². The van der Waals surface area contributed by atoms with E-state index in [1.807, 2.05) is 6.92 Å². The molecule has 1 atom stereocenters. The standard InChI is InChI=1S/C11H15ClN2O3S/c1-4-17-9(15)5-7(2)18-8-6-13-14(3)11(16)10(8)12/h6-7H,4-5H2,1-3H3/t7-/m1/s1. The van der Waals surface area contributed by atoms with Gasteiger partial charge in [-0.05, 0) is 6.92 Å². The molecule has 0 aliphatic carbocycles. The zero-order valence-corrected chi connectivity index (χ0v) is 12.0. The van der Waals surface area contributed by atoms with E-state index >= 15 is 0 Å². The molecule has 5 nitrogen and oxygen atoms in total. The van der Waals surface area contributed by atoms with Crippen LogP contribution in [0.15, 0.2) is 15.9 Å². The smallest absolute Gasteiger partial charge is 0.306 e. The average molecular weight is 291 g/mol. The lowest BCUT2D eigenvalue weighted by Crippen LogP contribution is -2.20. The monoisotopic (exact) mass is 290 g/mol. The number of esters is 1. The molecule has 7 heteroatoms. The highest BCUT2D eigenvalue weighted by molar-refractivity contribution is 8.00. The fourth-order valence-corrected chi connectivity index (χ4v) is 2.55. The van der Waals surface area contributed by atoms with Gasteiger partial charge in [0.2, 0.25) is 0 Å². The van der Waals surface area contributed by atoms with Crippen LogP contribution in [0.5, 0.6) is 0 Å². The third kappa shape index (κ3) is 4.03. The number of halogens is 1. The first-order valence-electron chi connectivity index (χ1n) is 5.49. The van der Waals surface area contributed by atoms with Crippen LogP contribution in [0.4, 0.5) is 0 Å². The van der Waals surface area contributed by atoms with E-state index in [2.05, 4.69) is 5.10 Å². The quantitative estimate of drug-likeness (QED) is 0.612. The van der Waals surface area contributed by atoms with Crippen molar-refractivity contribution in [1.29, 1.82) is 0 Å². The third-order valence-corrected chi connectivity index (χ3v) is 3.74. The van der Waals surface area contributed by atoms with Crippen LogP contribution in [0.1, 0.15) is 20.3 Å². The van der Waals surface area contributed by atoms with Crippen molar-refractivity contribution < 1.29 is 9.53 Å². The molecule has 0 saturated carbocycles. The molecule has 1 heterocycles. The van der Waals surface area contributed by atoms with Crippen LogP contribution in [0.2, 0.25) is 5.02 Å². The molecule has 0 N–H and O–H groups in total. The van der Waals surface area contributed by atoms with E-state index in [0.29, 0.717) is 11.5 Å². The number of carbonyl (C=O) groups is 1. The van der Waals surface area contributed by atoms with Crippen molar-refractivity contribution in [2.45, 2.75) is 30.4 Å². The fourth-order valence-electron chi connectivity index (χ4n) is 1.29. The molecule has 0 radical (unpaired) electrons. The number of hydrogen-bond acceptors (Lipinski definition) is 5. The van der Waals surface area contributed by atoms with Crippen LogP contribution in [0.3, 0.4) is 0 Å². The van der Waals surface area contributed by atoms with Gasteiger partial charge in [-0.3, -0.25) is 9.59 Å². The van der Waals surface area contributed by atoms with Gasteiger partial charge in [0.1, 0.15) is 5.02 Å². The number of hydrogen-bond donors (Lipinski definition) is 0. The number of aryl methyl sites for hydroxylation is 1. The number of nitrogens with zero attached hydrogens (tertiary/aromatic N) is 2. The first-order valence-corrected chi connectivity index (χ1v) is 6.75. The molecule has 0 bridgehead atoms. The molecule has 100 valence electrons. The van der Waals surface area contributed by atoms with E-state index in [0.717, 1.165) is 0 Å². The van der Waals surface area contributed by atoms with E-state index < -0.39 is 0 Å². The van der Waals surface area contributed by atoms with E-state index in [-0.39, 0.29) is 28.2 Å². The number of rotatable bonds is 5. The van der Waals surface area contributed by atoms with Gasteiger partial charge in [0, 0.05) is 12.3 Å². The minimum absolute atomic E-state index is 0.0320. The molecule has 0 amide bonds. The van der Waals surface area contributed by atoms with Gasteiger partial charge in [0.25, 0.3) is 5.56 Å².